The number of fused-ring (bicyclic) bond motifs is 1. The van der Waals surface area contributed by atoms with Gasteiger partial charge in [-0.2, -0.15) is 0 Å². The van der Waals surface area contributed by atoms with E-state index in [9.17, 15) is 9.59 Å². The van der Waals surface area contributed by atoms with E-state index in [1.54, 1.807) is 21.6 Å². The van der Waals surface area contributed by atoms with E-state index in [0.29, 0.717) is 45.9 Å². The Labute approximate surface area is 210 Å². The molecule has 2 atom stereocenters. The molecule has 1 amide bonds. The van der Waals surface area contributed by atoms with E-state index in [1.807, 2.05) is 32.9 Å². The van der Waals surface area contributed by atoms with E-state index in [-0.39, 0.29) is 23.7 Å². The van der Waals surface area contributed by atoms with Crippen molar-refractivity contribution < 1.29 is 9.53 Å². The number of aryl methyl sites for hydroxylation is 1. The Balaban J connectivity index is 1.75. The minimum atomic E-state index is -0.191. The van der Waals surface area contributed by atoms with Crippen LogP contribution in [0.15, 0.2) is 28.0 Å². The Morgan fingerprint density at radius 3 is 2.62 bits per heavy atom. The summed E-state index contributed by atoms with van der Waals surface area (Å²) in [5, 5.41) is 0. The fourth-order valence-corrected chi connectivity index (χ4v) is 5.78. The fraction of sp³-hybridized carbons (Fsp3) is 0.520. The van der Waals surface area contributed by atoms with Gasteiger partial charge in [0.25, 0.3) is 11.5 Å². The molecule has 2 saturated heterocycles. The zero-order chi connectivity index (χ0) is 24.4. The molecule has 2 aliphatic rings. The number of anilines is 1. The van der Waals surface area contributed by atoms with Gasteiger partial charge in [0.1, 0.15) is 15.8 Å². The summed E-state index contributed by atoms with van der Waals surface area (Å²) in [6, 6.07) is 3.80. The highest BCUT2D eigenvalue weighted by molar-refractivity contribution is 8.26. The second-order valence-corrected chi connectivity index (χ2v) is 10.8. The van der Waals surface area contributed by atoms with Gasteiger partial charge in [-0.15, -0.1) is 0 Å². The second kappa shape index (κ2) is 10.6. The van der Waals surface area contributed by atoms with Crippen molar-refractivity contribution in [1.29, 1.82) is 0 Å². The third-order valence-corrected chi connectivity index (χ3v) is 7.47. The Bertz CT molecular complexity index is 1180. The highest BCUT2D eigenvalue weighted by Crippen LogP contribution is 2.34. The fourth-order valence-electron chi connectivity index (χ4n) is 4.49. The summed E-state index contributed by atoms with van der Waals surface area (Å²) >= 11 is 6.77. The third kappa shape index (κ3) is 5.21. The predicted molar refractivity (Wildman–Crippen MR) is 142 cm³/mol. The largest absolute Gasteiger partial charge is 0.372 e. The van der Waals surface area contributed by atoms with Gasteiger partial charge in [-0.3, -0.25) is 18.9 Å². The van der Waals surface area contributed by atoms with Gasteiger partial charge in [0.05, 0.1) is 22.7 Å². The summed E-state index contributed by atoms with van der Waals surface area (Å²) < 4.78 is 8.00. The topological polar surface area (TPSA) is 67.2 Å². The molecule has 0 radical (unpaired) electrons. The molecule has 2 aromatic heterocycles. The Hall–Kier alpha value is -2.23. The molecular formula is C25H32N4O3S2. The lowest BCUT2D eigenvalue weighted by Crippen LogP contribution is -2.46. The van der Waals surface area contributed by atoms with E-state index >= 15 is 0 Å². The smallest absolute Gasteiger partial charge is 0.267 e. The SMILES string of the molecule is CCCCCCN1C(=O)/C(=C\c2c(N3CC(C)OC(C)C3)nc3ccc(C)cn3c2=O)SC1=S. The zero-order valence-corrected chi connectivity index (χ0v) is 21.9. The molecule has 0 saturated carbocycles. The quantitative estimate of drug-likeness (QED) is 0.317. The van der Waals surface area contributed by atoms with Gasteiger partial charge in [0.15, 0.2) is 0 Å². The summed E-state index contributed by atoms with van der Waals surface area (Å²) in [4.78, 5) is 36.0. The first-order chi connectivity index (χ1) is 16.3. The molecule has 0 aromatic carbocycles. The first kappa shape index (κ1) is 24.9. The van der Waals surface area contributed by atoms with Gasteiger partial charge in [0, 0.05) is 25.8 Å². The van der Waals surface area contributed by atoms with E-state index in [1.165, 1.54) is 11.8 Å². The van der Waals surface area contributed by atoms with E-state index in [2.05, 4.69) is 11.8 Å². The number of nitrogens with zero attached hydrogens (tertiary/aromatic N) is 4. The number of aromatic nitrogens is 2. The highest BCUT2D eigenvalue weighted by atomic mass is 32.2. The van der Waals surface area contributed by atoms with Crippen LogP contribution < -0.4 is 10.5 Å². The van der Waals surface area contributed by atoms with Gasteiger partial charge in [-0.25, -0.2) is 4.98 Å². The summed E-state index contributed by atoms with van der Waals surface area (Å²) in [6.07, 6.45) is 7.76. The lowest BCUT2D eigenvalue weighted by molar-refractivity contribution is -0.122. The summed E-state index contributed by atoms with van der Waals surface area (Å²) in [5.74, 6) is 0.457. The molecule has 2 aromatic rings. The normalized spacial score (nSPS) is 22.4. The van der Waals surface area contributed by atoms with Crippen molar-refractivity contribution in [3.05, 3.63) is 44.7 Å². The number of carbonyl (C=O) groups is 1. The molecule has 4 heterocycles. The highest BCUT2D eigenvalue weighted by Gasteiger charge is 2.33. The molecule has 2 aliphatic heterocycles. The van der Waals surface area contributed by atoms with Crippen molar-refractivity contribution in [3.8, 4) is 0 Å². The molecule has 0 N–H and O–H groups in total. The Morgan fingerprint density at radius 2 is 1.91 bits per heavy atom. The average molecular weight is 501 g/mol. The number of unbranched alkanes of at least 4 members (excludes halogenated alkanes) is 3. The van der Waals surface area contributed by atoms with Crippen LogP contribution in [0.1, 0.15) is 57.6 Å². The second-order valence-electron chi connectivity index (χ2n) is 9.15. The van der Waals surface area contributed by atoms with Crippen LogP contribution in [0.5, 0.6) is 0 Å². The van der Waals surface area contributed by atoms with Crippen LogP contribution in [0.2, 0.25) is 0 Å². The van der Waals surface area contributed by atoms with Crippen molar-refractivity contribution in [2.24, 2.45) is 0 Å². The Morgan fingerprint density at radius 1 is 1.18 bits per heavy atom. The average Bonchev–Trinajstić information content (AvgIpc) is 3.05. The number of ether oxygens (including phenoxy) is 1. The van der Waals surface area contributed by atoms with Gasteiger partial charge in [-0.05, 0) is 44.9 Å². The van der Waals surface area contributed by atoms with Crippen molar-refractivity contribution in [3.63, 3.8) is 0 Å². The van der Waals surface area contributed by atoms with E-state index < -0.39 is 0 Å². The maximum Gasteiger partial charge on any atom is 0.267 e. The van der Waals surface area contributed by atoms with Crippen LogP contribution >= 0.6 is 24.0 Å². The molecule has 4 rings (SSSR count). The number of thioether (sulfide) groups is 1. The summed E-state index contributed by atoms with van der Waals surface area (Å²) in [5.41, 5.74) is 1.76. The van der Waals surface area contributed by atoms with Gasteiger partial charge in [-0.1, -0.05) is 56.2 Å². The third-order valence-electron chi connectivity index (χ3n) is 6.09. The number of amides is 1. The summed E-state index contributed by atoms with van der Waals surface area (Å²) in [7, 11) is 0. The molecule has 2 fully saturated rings. The van der Waals surface area contributed by atoms with Crippen LogP contribution in [0.25, 0.3) is 11.7 Å². The van der Waals surface area contributed by atoms with E-state index in [0.717, 1.165) is 31.2 Å². The van der Waals surface area contributed by atoms with Crippen LogP contribution in [-0.2, 0) is 9.53 Å². The maximum atomic E-state index is 13.7. The molecular weight excluding hydrogens is 468 g/mol. The van der Waals surface area contributed by atoms with Crippen LogP contribution in [0.4, 0.5) is 5.82 Å². The minimum Gasteiger partial charge on any atom is -0.372 e. The first-order valence-corrected chi connectivity index (χ1v) is 13.2. The van der Waals surface area contributed by atoms with Gasteiger partial charge in [0.2, 0.25) is 0 Å². The number of rotatable bonds is 7. The van der Waals surface area contributed by atoms with Crippen molar-refractivity contribution in [2.45, 2.75) is 65.6 Å². The molecule has 9 heteroatoms. The minimum absolute atomic E-state index is 0.0104. The van der Waals surface area contributed by atoms with Crippen molar-refractivity contribution >= 4 is 51.7 Å². The number of thiocarbonyl (C=S) groups is 1. The maximum absolute atomic E-state index is 13.7. The lowest BCUT2D eigenvalue weighted by Gasteiger charge is -2.36. The standard InChI is InChI=1S/C25H32N4O3S2/c1-5-6-7-8-11-28-24(31)20(34-25(28)33)12-19-22(27-14-17(3)32-18(4)15-27)26-21-10-9-16(2)13-29(21)23(19)30/h9-10,12-13,17-18H,5-8,11,14-15H2,1-4H3/b20-12+. The molecule has 34 heavy (non-hydrogen) atoms. The van der Waals surface area contributed by atoms with E-state index in [4.69, 9.17) is 21.9 Å². The zero-order valence-electron chi connectivity index (χ0n) is 20.2. The molecule has 0 aliphatic carbocycles. The van der Waals surface area contributed by atoms with Crippen molar-refractivity contribution in [1.82, 2.24) is 14.3 Å². The van der Waals surface area contributed by atoms with Gasteiger partial charge >= 0.3 is 0 Å². The summed E-state index contributed by atoms with van der Waals surface area (Å²) in [6.45, 7) is 9.99. The number of hydrogen-bond donors (Lipinski definition) is 0. The number of pyridine rings is 1. The number of hydrogen-bond acceptors (Lipinski definition) is 7. The lowest BCUT2D eigenvalue weighted by atomic mass is 10.1. The van der Waals surface area contributed by atoms with Crippen LogP contribution in [-0.4, -0.2) is 56.4 Å². The number of morpholine rings is 1. The van der Waals surface area contributed by atoms with Crippen LogP contribution in [0, 0.1) is 6.92 Å². The van der Waals surface area contributed by atoms with Crippen molar-refractivity contribution in [2.75, 3.05) is 24.5 Å². The first-order valence-electron chi connectivity index (χ1n) is 12.0. The molecule has 0 spiro atoms. The molecule has 7 nitrogen and oxygen atoms in total. The molecule has 0 bridgehead atoms. The number of carbonyl (C=O) groups excluding carboxylic acids is 1. The Kier molecular flexibility index (Phi) is 7.74. The monoisotopic (exact) mass is 500 g/mol. The van der Waals surface area contributed by atoms with Gasteiger partial charge < -0.3 is 9.64 Å². The molecule has 2 unspecified atom stereocenters. The molecule has 182 valence electrons. The predicted octanol–water partition coefficient (Wildman–Crippen LogP) is 4.40. The van der Waals surface area contributed by atoms with Crippen LogP contribution in [0.3, 0.4) is 0 Å².